The number of carbonyl (C=O) groups excluding carboxylic acids is 1. The molecule has 0 spiro atoms. The quantitative estimate of drug-likeness (QED) is 0.725. The van der Waals surface area contributed by atoms with Crippen LogP contribution in [0.15, 0.2) is 42.5 Å². The van der Waals surface area contributed by atoms with E-state index in [0.29, 0.717) is 30.4 Å². The molecule has 2 aromatic carbocycles. The maximum Gasteiger partial charge on any atom is 0.260 e. The first-order valence-corrected chi connectivity index (χ1v) is 9.20. The van der Waals surface area contributed by atoms with E-state index >= 15 is 0 Å². The molecule has 2 aromatic rings. The predicted molar refractivity (Wildman–Crippen MR) is 107 cm³/mol. The summed E-state index contributed by atoms with van der Waals surface area (Å²) in [5.41, 5.74) is 2.16. The molecule has 0 fully saturated rings. The van der Waals surface area contributed by atoms with E-state index in [4.69, 9.17) is 14.2 Å². The van der Waals surface area contributed by atoms with Gasteiger partial charge in [0.05, 0.1) is 14.2 Å². The molecule has 27 heavy (non-hydrogen) atoms. The Morgan fingerprint density at radius 3 is 2.33 bits per heavy atom. The molecule has 0 aliphatic carbocycles. The van der Waals surface area contributed by atoms with Crippen LogP contribution in [0.5, 0.6) is 17.2 Å². The van der Waals surface area contributed by atoms with Gasteiger partial charge in [0.2, 0.25) is 0 Å². The molecular weight excluding hydrogens is 342 g/mol. The average Bonchev–Trinajstić information content (AvgIpc) is 2.67. The Labute approximate surface area is 161 Å². The Morgan fingerprint density at radius 2 is 1.67 bits per heavy atom. The highest BCUT2D eigenvalue weighted by atomic mass is 16.5. The van der Waals surface area contributed by atoms with Gasteiger partial charge in [-0.2, -0.15) is 0 Å². The first kappa shape index (κ1) is 20.6. The van der Waals surface area contributed by atoms with Crippen molar-refractivity contribution in [1.82, 2.24) is 5.32 Å². The number of carbonyl (C=O) groups is 1. The highest BCUT2D eigenvalue weighted by molar-refractivity contribution is 5.80. The second-order valence-electron chi connectivity index (χ2n) is 6.68. The van der Waals surface area contributed by atoms with Gasteiger partial charge in [0, 0.05) is 6.54 Å². The van der Waals surface area contributed by atoms with Gasteiger partial charge < -0.3 is 19.5 Å². The van der Waals surface area contributed by atoms with Crippen LogP contribution < -0.4 is 19.5 Å². The van der Waals surface area contributed by atoms with Gasteiger partial charge in [0.15, 0.2) is 17.6 Å². The zero-order chi connectivity index (χ0) is 19.8. The van der Waals surface area contributed by atoms with Gasteiger partial charge in [-0.15, -0.1) is 0 Å². The Hall–Kier alpha value is -2.69. The average molecular weight is 371 g/mol. The first-order chi connectivity index (χ1) is 13.0. The third kappa shape index (κ3) is 5.64. The van der Waals surface area contributed by atoms with Crippen molar-refractivity contribution in [1.29, 1.82) is 0 Å². The number of rotatable bonds is 9. The molecule has 0 aromatic heterocycles. The Bertz CT molecular complexity index is 758. The lowest BCUT2D eigenvalue weighted by Gasteiger charge is -2.18. The minimum Gasteiger partial charge on any atom is -0.493 e. The number of methoxy groups -OCH3 is 2. The summed E-state index contributed by atoms with van der Waals surface area (Å²) < 4.78 is 16.4. The summed E-state index contributed by atoms with van der Waals surface area (Å²) in [6.07, 6.45) is 0.136. The minimum absolute atomic E-state index is 0.131. The van der Waals surface area contributed by atoms with Crippen LogP contribution in [0.3, 0.4) is 0 Å². The lowest BCUT2D eigenvalue weighted by Crippen LogP contribution is -2.37. The highest BCUT2D eigenvalue weighted by Gasteiger charge is 2.17. The van der Waals surface area contributed by atoms with Crippen LogP contribution in [0.2, 0.25) is 0 Å². The fourth-order valence-electron chi connectivity index (χ4n) is 2.82. The molecule has 5 nitrogen and oxygen atoms in total. The van der Waals surface area contributed by atoms with Crippen molar-refractivity contribution in [2.75, 3.05) is 20.8 Å². The van der Waals surface area contributed by atoms with Crippen LogP contribution in [-0.4, -0.2) is 32.8 Å². The van der Waals surface area contributed by atoms with E-state index in [1.165, 1.54) is 0 Å². The molecule has 0 heterocycles. The number of para-hydroxylation sites is 1. The van der Waals surface area contributed by atoms with Crippen molar-refractivity contribution in [3.8, 4) is 17.2 Å². The van der Waals surface area contributed by atoms with Gasteiger partial charge >= 0.3 is 0 Å². The summed E-state index contributed by atoms with van der Waals surface area (Å²) in [7, 11) is 3.22. The van der Waals surface area contributed by atoms with E-state index in [9.17, 15) is 4.79 Å². The molecule has 0 unspecified atom stereocenters. The van der Waals surface area contributed by atoms with Gasteiger partial charge in [-0.1, -0.05) is 38.1 Å². The number of nitrogens with one attached hydrogen (secondary N) is 1. The van der Waals surface area contributed by atoms with Gasteiger partial charge in [-0.05, 0) is 48.6 Å². The number of amides is 1. The topological polar surface area (TPSA) is 56.8 Å². The lowest BCUT2D eigenvalue weighted by molar-refractivity contribution is -0.127. The second-order valence-corrected chi connectivity index (χ2v) is 6.68. The zero-order valence-corrected chi connectivity index (χ0v) is 16.7. The van der Waals surface area contributed by atoms with Crippen LogP contribution in [0, 0.1) is 0 Å². The molecule has 146 valence electrons. The van der Waals surface area contributed by atoms with Crippen molar-refractivity contribution in [2.45, 2.75) is 39.2 Å². The molecule has 0 bridgehead atoms. The molecule has 1 amide bonds. The van der Waals surface area contributed by atoms with Crippen molar-refractivity contribution >= 4 is 5.91 Å². The molecule has 0 saturated heterocycles. The summed E-state index contributed by atoms with van der Waals surface area (Å²) in [6, 6.07) is 13.6. The van der Waals surface area contributed by atoms with E-state index in [1.807, 2.05) is 42.5 Å². The summed E-state index contributed by atoms with van der Waals surface area (Å²) >= 11 is 0. The summed E-state index contributed by atoms with van der Waals surface area (Å²) in [5.74, 6) is 2.34. The van der Waals surface area contributed by atoms with Crippen LogP contribution in [0.1, 0.15) is 37.8 Å². The van der Waals surface area contributed by atoms with Crippen LogP contribution >= 0.6 is 0 Å². The maximum atomic E-state index is 12.4. The van der Waals surface area contributed by atoms with E-state index in [-0.39, 0.29) is 5.91 Å². The fraction of sp³-hybridized carbons (Fsp3) is 0.409. The Morgan fingerprint density at radius 1 is 0.963 bits per heavy atom. The fourth-order valence-corrected chi connectivity index (χ4v) is 2.82. The molecule has 0 aliphatic rings. The monoisotopic (exact) mass is 371 g/mol. The van der Waals surface area contributed by atoms with E-state index in [1.54, 1.807) is 21.1 Å². The molecule has 1 N–H and O–H groups in total. The van der Waals surface area contributed by atoms with Gasteiger partial charge in [-0.25, -0.2) is 0 Å². The van der Waals surface area contributed by atoms with Crippen LogP contribution in [0.4, 0.5) is 0 Å². The minimum atomic E-state index is -0.560. The number of hydrogen-bond donors (Lipinski definition) is 1. The lowest BCUT2D eigenvalue weighted by atomic mass is 10.0. The van der Waals surface area contributed by atoms with Crippen molar-refractivity contribution < 1.29 is 19.0 Å². The highest BCUT2D eigenvalue weighted by Crippen LogP contribution is 2.28. The summed E-state index contributed by atoms with van der Waals surface area (Å²) in [4.78, 5) is 12.4. The third-order valence-corrected chi connectivity index (χ3v) is 4.37. The normalized spacial score (nSPS) is 11.8. The SMILES string of the molecule is COc1ccc(CCNC(=O)[C@@H](C)Oc2ccccc2C(C)C)cc1OC. The van der Waals surface area contributed by atoms with E-state index in [2.05, 4.69) is 19.2 Å². The zero-order valence-electron chi connectivity index (χ0n) is 16.7. The third-order valence-electron chi connectivity index (χ3n) is 4.37. The molecule has 1 atom stereocenters. The first-order valence-electron chi connectivity index (χ1n) is 9.20. The number of hydrogen-bond acceptors (Lipinski definition) is 4. The molecule has 2 rings (SSSR count). The Balaban J connectivity index is 1.89. The van der Waals surface area contributed by atoms with Gasteiger partial charge in [0.1, 0.15) is 5.75 Å². The number of benzene rings is 2. The molecule has 0 saturated carbocycles. The smallest absolute Gasteiger partial charge is 0.260 e. The predicted octanol–water partition coefficient (Wildman–Crippen LogP) is 3.95. The summed E-state index contributed by atoms with van der Waals surface area (Å²) in [6.45, 7) is 6.50. The molecular formula is C22H29NO4. The molecule has 0 aliphatic heterocycles. The summed E-state index contributed by atoms with van der Waals surface area (Å²) in [5, 5.41) is 2.93. The van der Waals surface area contributed by atoms with Crippen molar-refractivity contribution in [3.63, 3.8) is 0 Å². The van der Waals surface area contributed by atoms with E-state index < -0.39 is 6.10 Å². The molecule has 0 radical (unpaired) electrons. The van der Waals surface area contributed by atoms with Crippen molar-refractivity contribution in [3.05, 3.63) is 53.6 Å². The largest absolute Gasteiger partial charge is 0.493 e. The maximum absolute atomic E-state index is 12.4. The second kappa shape index (κ2) is 9.86. The van der Waals surface area contributed by atoms with Gasteiger partial charge in [0.25, 0.3) is 5.91 Å². The molecule has 5 heteroatoms. The van der Waals surface area contributed by atoms with Gasteiger partial charge in [-0.3, -0.25) is 4.79 Å². The van der Waals surface area contributed by atoms with Crippen molar-refractivity contribution in [2.24, 2.45) is 0 Å². The van der Waals surface area contributed by atoms with Crippen LogP contribution in [-0.2, 0) is 11.2 Å². The Kier molecular flexibility index (Phi) is 7.53. The number of ether oxygens (including phenoxy) is 3. The van der Waals surface area contributed by atoms with E-state index in [0.717, 1.165) is 16.9 Å². The standard InChI is InChI=1S/C22H29NO4/c1-15(2)18-8-6-7-9-19(18)27-16(3)22(24)23-13-12-17-10-11-20(25-4)21(14-17)26-5/h6-11,14-16H,12-13H2,1-5H3,(H,23,24)/t16-/m1/s1. The van der Waals surface area contributed by atoms with Crippen LogP contribution in [0.25, 0.3) is 0 Å².